The third-order valence-electron chi connectivity index (χ3n) is 8.10. The second kappa shape index (κ2) is 4.90. The molecule has 5 aliphatic rings. The molecular formula is C22H27NO3. The summed E-state index contributed by atoms with van der Waals surface area (Å²) >= 11 is 0. The van der Waals surface area contributed by atoms with Crippen LogP contribution >= 0.6 is 0 Å². The zero-order valence-electron chi connectivity index (χ0n) is 15.7. The van der Waals surface area contributed by atoms with Crippen molar-refractivity contribution >= 4 is 5.78 Å². The molecule has 138 valence electrons. The van der Waals surface area contributed by atoms with Crippen molar-refractivity contribution in [1.29, 1.82) is 0 Å². The molecule has 1 saturated heterocycles. The standard InChI is InChI=1S/C22H27NO3/c1-13-3-6-15-11-17-22(25-2)8-7-16(24)20-21(22,18(15)19(13)26-20)9-10-23(17)12-14-4-5-14/h3,6,14,17,20H,4-5,7-12H2,1-2H3/t17?,20?,21?,22-/m1/s1. The van der Waals surface area contributed by atoms with E-state index in [0.717, 1.165) is 43.0 Å². The fourth-order valence-electron chi connectivity index (χ4n) is 6.80. The van der Waals surface area contributed by atoms with E-state index in [1.807, 2.05) is 7.11 Å². The molecule has 2 aliphatic heterocycles. The Labute approximate surface area is 154 Å². The van der Waals surface area contributed by atoms with Gasteiger partial charge in [0.1, 0.15) is 5.75 Å². The number of hydrogen-bond donors (Lipinski definition) is 0. The number of methoxy groups -OCH3 is 1. The first kappa shape index (κ1) is 15.6. The van der Waals surface area contributed by atoms with E-state index in [2.05, 4.69) is 24.0 Å². The average Bonchev–Trinajstić information content (AvgIpc) is 3.38. The zero-order chi connectivity index (χ0) is 17.7. The molecule has 6 rings (SSSR count). The molecule has 1 spiro atoms. The topological polar surface area (TPSA) is 38.8 Å². The highest BCUT2D eigenvalue weighted by Gasteiger charge is 2.73. The van der Waals surface area contributed by atoms with E-state index in [4.69, 9.17) is 9.47 Å². The number of piperidine rings is 1. The van der Waals surface area contributed by atoms with Crippen LogP contribution in [0.2, 0.25) is 0 Å². The van der Waals surface area contributed by atoms with Crippen molar-refractivity contribution in [2.45, 2.75) is 68.6 Å². The van der Waals surface area contributed by atoms with Crippen LogP contribution in [0.3, 0.4) is 0 Å². The first-order valence-electron chi connectivity index (χ1n) is 10.2. The van der Waals surface area contributed by atoms with E-state index in [-0.39, 0.29) is 22.9 Å². The van der Waals surface area contributed by atoms with E-state index < -0.39 is 0 Å². The highest BCUT2D eigenvalue weighted by molar-refractivity contribution is 5.89. The molecule has 4 nitrogen and oxygen atoms in total. The number of rotatable bonds is 3. The monoisotopic (exact) mass is 353 g/mol. The van der Waals surface area contributed by atoms with Crippen LogP contribution in [0.4, 0.5) is 0 Å². The maximum absolute atomic E-state index is 13.0. The van der Waals surface area contributed by atoms with Gasteiger partial charge < -0.3 is 9.47 Å². The van der Waals surface area contributed by atoms with Crippen LogP contribution < -0.4 is 4.74 Å². The summed E-state index contributed by atoms with van der Waals surface area (Å²) in [6.07, 6.45) is 5.81. The van der Waals surface area contributed by atoms with Crippen molar-refractivity contribution in [1.82, 2.24) is 4.90 Å². The molecule has 1 aromatic carbocycles. The Morgan fingerprint density at radius 3 is 2.92 bits per heavy atom. The Morgan fingerprint density at radius 2 is 2.15 bits per heavy atom. The molecule has 0 N–H and O–H groups in total. The Kier molecular flexibility index (Phi) is 2.95. The lowest BCUT2D eigenvalue weighted by Crippen LogP contribution is -2.77. The summed E-state index contributed by atoms with van der Waals surface area (Å²) in [4.78, 5) is 15.7. The van der Waals surface area contributed by atoms with E-state index in [1.54, 1.807) is 0 Å². The summed E-state index contributed by atoms with van der Waals surface area (Å²) in [5.41, 5.74) is 3.30. The highest BCUT2D eigenvalue weighted by Crippen LogP contribution is 2.65. The second-order valence-electron chi connectivity index (χ2n) is 9.18. The molecule has 2 heterocycles. The lowest BCUT2D eigenvalue weighted by molar-refractivity contribution is -0.202. The Balaban J connectivity index is 1.60. The van der Waals surface area contributed by atoms with Gasteiger partial charge in [0, 0.05) is 31.7 Å². The van der Waals surface area contributed by atoms with Gasteiger partial charge in [-0.1, -0.05) is 12.1 Å². The third-order valence-corrected chi connectivity index (χ3v) is 8.10. The van der Waals surface area contributed by atoms with Crippen LogP contribution in [0.25, 0.3) is 0 Å². The summed E-state index contributed by atoms with van der Waals surface area (Å²) in [5, 5.41) is 0. The fraction of sp³-hybridized carbons (Fsp3) is 0.682. The summed E-state index contributed by atoms with van der Waals surface area (Å²) < 4.78 is 12.9. The molecule has 4 heteroatoms. The molecule has 0 aromatic heterocycles. The molecule has 3 fully saturated rings. The number of ether oxygens (including phenoxy) is 2. The summed E-state index contributed by atoms with van der Waals surface area (Å²) in [5.74, 6) is 2.13. The van der Waals surface area contributed by atoms with Gasteiger partial charge >= 0.3 is 0 Å². The van der Waals surface area contributed by atoms with Gasteiger partial charge in [0.25, 0.3) is 0 Å². The highest BCUT2D eigenvalue weighted by atomic mass is 16.5. The minimum Gasteiger partial charge on any atom is -0.481 e. The van der Waals surface area contributed by atoms with Crippen LogP contribution in [0, 0.1) is 12.8 Å². The molecule has 26 heavy (non-hydrogen) atoms. The minimum absolute atomic E-state index is 0.274. The van der Waals surface area contributed by atoms with Gasteiger partial charge in [-0.15, -0.1) is 0 Å². The Morgan fingerprint density at radius 1 is 1.31 bits per heavy atom. The number of Topliss-reactive ketones (excluding diaryl/α,β-unsaturated/α-hetero) is 1. The number of carbonyl (C=O) groups excluding carboxylic acids is 1. The molecule has 3 aliphatic carbocycles. The number of hydrogen-bond acceptors (Lipinski definition) is 4. The molecule has 1 aromatic rings. The lowest BCUT2D eigenvalue weighted by Gasteiger charge is -2.64. The SMILES string of the molecule is CO[C@@]12CCC(=O)C3Oc4c(C)ccc5c4C31CCN(CC1CC1)C2C5. The maximum Gasteiger partial charge on any atom is 0.174 e. The minimum atomic E-state index is -0.350. The number of carbonyl (C=O) groups is 1. The molecule has 4 atom stereocenters. The number of nitrogens with zero attached hydrogens (tertiary/aromatic N) is 1. The number of likely N-dealkylation sites (tertiary alicyclic amines) is 1. The third kappa shape index (κ3) is 1.62. The summed E-state index contributed by atoms with van der Waals surface area (Å²) in [6.45, 7) is 4.36. The number of benzene rings is 1. The first-order chi connectivity index (χ1) is 12.6. The van der Waals surface area contributed by atoms with Crippen LogP contribution in [0.5, 0.6) is 5.75 Å². The van der Waals surface area contributed by atoms with E-state index in [9.17, 15) is 4.79 Å². The maximum atomic E-state index is 13.0. The fourth-order valence-corrected chi connectivity index (χ4v) is 6.80. The molecule has 2 saturated carbocycles. The van der Waals surface area contributed by atoms with Crippen molar-refractivity contribution in [2.75, 3.05) is 20.2 Å². The summed E-state index contributed by atoms with van der Waals surface area (Å²) in [7, 11) is 1.88. The number of aryl methyl sites for hydroxylation is 1. The van der Waals surface area contributed by atoms with Crippen LogP contribution in [0.15, 0.2) is 12.1 Å². The Hall–Kier alpha value is -1.39. The van der Waals surface area contributed by atoms with Gasteiger partial charge in [0.2, 0.25) is 0 Å². The zero-order valence-corrected chi connectivity index (χ0v) is 15.7. The Bertz CT molecular complexity index is 816. The van der Waals surface area contributed by atoms with Crippen molar-refractivity contribution in [2.24, 2.45) is 5.92 Å². The summed E-state index contributed by atoms with van der Waals surface area (Å²) in [6, 6.07) is 4.82. The van der Waals surface area contributed by atoms with Crippen molar-refractivity contribution in [3.05, 3.63) is 28.8 Å². The van der Waals surface area contributed by atoms with Gasteiger partial charge in [-0.3, -0.25) is 9.69 Å². The second-order valence-corrected chi connectivity index (χ2v) is 9.18. The van der Waals surface area contributed by atoms with Crippen molar-refractivity contribution in [3.63, 3.8) is 0 Å². The number of ketones is 1. The first-order valence-corrected chi connectivity index (χ1v) is 10.2. The molecule has 0 radical (unpaired) electrons. The molecule has 3 unspecified atom stereocenters. The van der Waals surface area contributed by atoms with Crippen molar-refractivity contribution < 1.29 is 14.3 Å². The predicted molar refractivity (Wildman–Crippen MR) is 97.7 cm³/mol. The van der Waals surface area contributed by atoms with E-state index in [0.29, 0.717) is 12.5 Å². The molecular weight excluding hydrogens is 326 g/mol. The van der Waals surface area contributed by atoms with Gasteiger partial charge in [-0.2, -0.15) is 0 Å². The quantitative estimate of drug-likeness (QED) is 0.838. The average molecular weight is 353 g/mol. The van der Waals surface area contributed by atoms with Crippen LogP contribution in [-0.2, 0) is 21.4 Å². The van der Waals surface area contributed by atoms with E-state index in [1.165, 1.54) is 30.5 Å². The van der Waals surface area contributed by atoms with E-state index >= 15 is 0 Å². The van der Waals surface area contributed by atoms with Crippen molar-refractivity contribution in [3.8, 4) is 5.75 Å². The van der Waals surface area contributed by atoms with Gasteiger partial charge in [0.05, 0.1) is 11.0 Å². The normalized spacial score (nSPS) is 40.3. The van der Waals surface area contributed by atoms with Crippen LogP contribution in [0.1, 0.15) is 48.8 Å². The van der Waals surface area contributed by atoms with Gasteiger partial charge in [-0.05, 0) is 62.6 Å². The lowest BCUT2D eigenvalue weighted by atomic mass is 9.48. The predicted octanol–water partition coefficient (Wildman–Crippen LogP) is 2.78. The van der Waals surface area contributed by atoms with Gasteiger partial charge in [0.15, 0.2) is 11.9 Å². The smallest absolute Gasteiger partial charge is 0.174 e. The molecule has 0 amide bonds. The molecule has 2 bridgehead atoms. The van der Waals surface area contributed by atoms with Gasteiger partial charge in [-0.25, -0.2) is 0 Å². The van der Waals surface area contributed by atoms with Crippen LogP contribution in [-0.4, -0.2) is 48.6 Å². The largest absolute Gasteiger partial charge is 0.481 e.